The smallest absolute Gasteiger partial charge is 0.353 e. The Morgan fingerprint density at radius 1 is 1.48 bits per heavy atom. The Hall–Kier alpha value is -3.39. The summed E-state index contributed by atoms with van der Waals surface area (Å²) in [6.07, 6.45) is 4.70. The van der Waals surface area contributed by atoms with E-state index in [9.17, 15) is 19.5 Å². The Morgan fingerprint density at radius 3 is 2.87 bits per heavy atom. The van der Waals surface area contributed by atoms with Crippen LogP contribution < -0.4 is 22.3 Å². The molecule has 164 valence electrons. The summed E-state index contributed by atoms with van der Waals surface area (Å²) < 4.78 is 0. The monoisotopic (exact) mass is 464 g/mol. The summed E-state index contributed by atoms with van der Waals surface area (Å²) in [5.74, 6) is 2.99. The summed E-state index contributed by atoms with van der Waals surface area (Å²) in [6.45, 7) is 1.87. The van der Waals surface area contributed by atoms with Gasteiger partial charge in [-0.3, -0.25) is 19.9 Å². The van der Waals surface area contributed by atoms with E-state index in [-0.39, 0.29) is 11.4 Å². The molecule has 0 bridgehead atoms. The van der Waals surface area contributed by atoms with Crippen molar-refractivity contribution in [1.82, 2.24) is 20.6 Å². The zero-order valence-electron chi connectivity index (χ0n) is 16.3. The van der Waals surface area contributed by atoms with Crippen LogP contribution in [0.5, 0.6) is 0 Å². The number of carbonyl (C=O) groups excluding carboxylic acids is 2. The topological polar surface area (TPSA) is 188 Å². The van der Waals surface area contributed by atoms with Crippen molar-refractivity contribution in [3.05, 3.63) is 28.4 Å². The van der Waals surface area contributed by atoms with Crippen LogP contribution in [0.1, 0.15) is 19.0 Å². The number of nitrogens with zero attached hydrogens (tertiary/aromatic N) is 4. The Balaban J connectivity index is 1.77. The second kappa shape index (κ2) is 9.61. The Labute approximate surface area is 185 Å². The number of amides is 2. The summed E-state index contributed by atoms with van der Waals surface area (Å²) >= 11 is 2.53. The molecule has 3 heterocycles. The third kappa shape index (κ3) is 4.54. The summed E-state index contributed by atoms with van der Waals surface area (Å²) in [5.41, 5.74) is 8.99. The fraction of sp³-hybridized carbons (Fsp3) is 0.294. The quantitative estimate of drug-likeness (QED) is 0.0861. The summed E-state index contributed by atoms with van der Waals surface area (Å²) in [5, 5.41) is 20.8. The van der Waals surface area contributed by atoms with Crippen LogP contribution in [-0.4, -0.2) is 62.5 Å². The number of allylic oxidation sites excluding steroid dienone is 1. The number of rotatable bonds is 8. The largest absolute Gasteiger partial charge is 0.477 e. The molecule has 1 saturated heterocycles. The molecule has 0 spiro atoms. The van der Waals surface area contributed by atoms with E-state index in [4.69, 9.17) is 11.6 Å². The van der Waals surface area contributed by atoms with Gasteiger partial charge in [-0.2, -0.15) is 10.2 Å². The SMILES string of the molecule is CC/C=C(\C(=O)NC1C(=O)N2C(C(=O)O)=C(/C=N/N/C=N/N)CSC12)c1csc(N)n1. The molecule has 2 aliphatic heterocycles. The maximum atomic E-state index is 12.8. The van der Waals surface area contributed by atoms with Gasteiger partial charge < -0.3 is 22.0 Å². The van der Waals surface area contributed by atoms with E-state index < -0.39 is 29.2 Å². The van der Waals surface area contributed by atoms with E-state index in [1.807, 2.05) is 6.92 Å². The van der Waals surface area contributed by atoms with Crippen LogP contribution >= 0.6 is 23.1 Å². The van der Waals surface area contributed by atoms with Gasteiger partial charge in [0.2, 0.25) is 0 Å². The van der Waals surface area contributed by atoms with E-state index in [1.54, 1.807) is 11.5 Å². The number of nitrogen functional groups attached to an aromatic ring is 1. The van der Waals surface area contributed by atoms with Gasteiger partial charge >= 0.3 is 5.97 Å². The minimum atomic E-state index is -1.26. The number of nitrogens with two attached hydrogens (primary N) is 2. The number of hydrazone groups is 2. The lowest BCUT2D eigenvalue weighted by molar-refractivity contribution is -0.150. The van der Waals surface area contributed by atoms with Crippen molar-refractivity contribution in [1.29, 1.82) is 0 Å². The summed E-state index contributed by atoms with van der Waals surface area (Å²) in [4.78, 5) is 42.7. The number of carbonyl (C=O) groups is 3. The molecular formula is C17H20N8O4S2. The van der Waals surface area contributed by atoms with Crippen LogP contribution in [0.25, 0.3) is 5.57 Å². The number of nitrogens with one attached hydrogen (secondary N) is 2. The highest BCUT2D eigenvalue weighted by Crippen LogP contribution is 2.40. The molecule has 12 nitrogen and oxygen atoms in total. The first-order valence-electron chi connectivity index (χ1n) is 9.02. The van der Waals surface area contributed by atoms with Crippen molar-refractivity contribution < 1.29 is 19.5 Å². The molecule has 3 rings (SSSR count). The Bertz CT molecular complexity index is 1020. The van der Waals surface area contributed by atoms with Crippen molar-refractivity contribution >= 4 is 64.1 Å². The number of anilines is 1. The number of thiazole rings is 1. The van der Waals surface area contributed by atoms with E-state index >= 15 is 0 Å². The second-order valence-corrected chi connectivity index (χ2v) is 8.30. The molecule has 2 amide bonds. The number of hydrogen-bond acceptors (Lipinski definition) is 10. The first-order valence-corrected chi connectivity index (χ1v) is 11.0. The highest BCUT2D eigenvalue weighted by Gasteiger charge is 2.54. The number of aliphatic carboxylic acids is 1. The van der Waals surface area contributed by atoms with Gasteiger partial charge in [0.25, 0.3) is 11.8 Å². The van der Waals surface area contributed by atoms with Crippen LogP contribution in [-0.2, 0) is 14.4 Å². The van der Waals surface area contributed by atoms with Crippen molar-refractivity contribution in [2.75, 3.05) is 11.5 Å². The summed E-state index contributed by atoms with van der Waals surface area (Å²) in [7, 11) is 0. The Morgan fingerprint density at radius 2 is 2.26 bits per heavy atom. The average molecular weight is 465 g/mol. The third-order valence-corrected chi connectivity index (χ3v) is 6.34. The van der Waals surface area contributed by atoms with E-state index in [0.717, 1.165) is 11.2 Å². The molecule has 0 radical (unpaired) electrons. The van der Waals surface area contributed by atoms with Gasteiger partial charge in [-0.25, -0.2) is 9.78 Å². The van der Waals surface area contributed by atoms with Crippen molar-refractivity contribution in [3.8, 4) is 0 Å². The number of carboxylic acid groups (broad SMARTS) is 1. The highest BCUT2D eigenvalue weighted by molar-refractivity contribution is 8.00. The number of hydrogen-bond donors (Lipinski definition) is 5. The molecule has 2 aliphatic rings. The number of β-lactam (4-membered cyclic amide) rings is 1. The fourth-order valence-electron chi connectivity index (χ4n) is 3.07. The zero-order valence-corrected chi connectivity index (χ0v) is 17.9. The van der Waals surface area contributed by atoms with Gasteiger partial charge in [-0.05, 0) is 6.42 Å². The molecule has 0 aliphatic carbocycles. The van der Waals surface area contributed by atoms with Crippen LogP contribution in [0, 0.1) is 0 Å². The molecule has 0 saturated carbocycles. The van der Waals surface area contributed by atoms with Gasteiger partial charge in [0.05, 0.1) is 17.5 Å². The summed E-state index contributed by atoms with van der Waals surface area (Å²) in [6, 6.07) is -0.857. The van der Waals surface area contributed by atoms with Crippen molar-refractivity contribution in [3.63, 3.8) is 0 Å². The molecule has 14 heteroatoms. The maximum absolute atomic E-state index is 12.8. The third-order valence-electron chi connectivity index (χ3n) is 4.36. The molecule has 7 N–H and O–H groups in total. The van der Waals surface area contributed by atoms with E-state index in [0.29, 0.717) is 28.4 Å². The molecule has 1 aromatic rings. The lowest BCUT2D eigenvalue weighted by atomic mass is 10.0. The van der Waals surface area contributed by atoms with Crippen molar-refractivity contribution in [2.24, 2.45) is 16.0 Å². The molecule has 1 aromatic heterocycles. The van der Waals surface area contributed by atoms with E-state index in [2.05, 4.69) is 25.9 Å². The van der Waals surface area contributed by atoms with Gasteiger partial charge in [0.15, 0.2) is 5.13 Å². The van der Waals surface area contributed by atoms with Crippen molar-refractivity contribution in [2.45, 2.75) is 24.8 Å². The molecular weight excluding hydrogens is 444 g/mol. The maximum Gasteiger partial charge on any atom is 0.353 e. The van der Waals surface area contributed by atoms with E-state index in [1.165, 1.54) is 29.3 Å². The lowest BCUT2D eigenvalue weighted by Crippen LogP contribution is -2.70. The number of aromatic nitrogens is 1. The lowest BCUT2D eigenvalue weighted by Gasteiger charge is -2.49. The van der Waals surface area contributed by atoms with Crippen LogP contribution in [0.15, 0.2) is 32.9 Å². The minimum absolute atomic E-state index is 0.175. The normalized spacial score (nSPS) is 21.4. The molecule has 0 aromatic carbocycles. The fourth-order valence-corrected chi connectivity index (χ4v) is 4.93. The highest BCUT2D eigenvalue weighted by atomic mass is 32.2. The van der Waals surface area contributed by atoms with Crippen LogP contribution in [0.2, 0.25) is 0 Å². The number of thioether (sulfide) groups is 1. The van der Waals surface area contributed by atoms with Crippen LogP contribution in [0.4, 0.5) is 5.13 Å². The predicted octanol–water partition coefficient (Wildman–Crippen LogP) is -0.265. The first-order chi connectivity index (χ1) is 14.9. The number of fused-ring (bicyclic) bond motifs is 1. The minimum Gasteiger partial charge on any atom is -0.477 e. The molecule has 2 unspecified atom stereocenters. The molecule has 31 heavy (non-hydrogen) atoms. The number of carboxylic acids is 1. The van der Waals surface area contributed by atoms with Gasteiger partial charge in [-0.15, -0.1) is 23.1 Å². The predicted molar refractivity (Wildman–Crippen MR) is 119 cm³/mol. The van der Waals surface area contributed by atoms with Gasteiger partial charge in [0, 0.05) is 16.7 Å². The standard InChI is InChI=1S/C17H20N8O4S2/c1-2-3-9(10-6-31-17(18)23-10)13(26)24-11-14(27)25-12(16(28)29)8(5-30-15(11)25)4-21-22-7-20-19/h3-4,6-7,11,15H,2,5,19H2,1H3,(H2,18,23)(H,20,22)(H,24,26)(H,28,29)/b9-3-,21-4+. The Kier molecular flexibility index (Phi) is 6.91. The first kappa shape index (κ1) is 22.3. The van der Waals surface area contributed by atoms with Gasteiger partial charge in [0.1, 0.15) is 23.5 Å². The molecule has 1 fully saturated rings. The second-order valence-electron chi connectivity index (χ2n) is 6.30. The molecule has 2 atom stereocenters. The average Bonchev–Trinajstić information content (AvgIpc) is 3.18. The van der Waals surface area contributed by atoms with Crippen LogP contribution in [0.3, 0.4) is 0 Å². The zero-order chi connectivity index (χ0) is 22.5. The van der Waals surface area contributed by atoms with Gasteiger partial charge in [-0.1, -0.05) is 13.0 Å².